The van der Waals surface area contributed by atoms with Crippen LogP contribution < -0.4 is 15.4 Å². The second-order valence-electron chi connectivity index (χ2n) is 8.56. The van der Waals surface area contributed by atoms with E-state index >= 15 is 0 Å². The number of pyridine rings is 1. The van der Waals surface area contributed by atoms with Crippen molar-refractivity contribution in [1.82, 2.24) is 29.7 Å². The van der Waals surface area contributed by atoms with Crippen LogP contribution in [-0.4, -0.2) is 36.8 Å². The zero-order valence-corrected chi connectivity index (χ0v) is 20.5. The van der Waals surface area contributed by atoms with Crippen LogP contribution in [0.25, 0.3) is 22.2 Å². The summed E-state index contributed by atoms with van der Waals surface area (Å²) >= 11 is 0. The van der Waals surface area contributed by atoms with Crippen molar-refractivity contribution in [3.05, 3.63) is 71.4 Å². The maximum Gasteiger partial charge on any atom is 0.256 e. The number of fused-ring (bicyclic) bond motifs is 1. The fraction of sp³-hybridized carbons (Fsp3) is 0.231. The van der Waals surface area contributed by atoms with Crippen molar-refractivity contribution in [2.45, 2.75) is 27.3 Å². The number of nitrogens with zero attached hydrogens (tertiary/aromatic N) is 5. The highest BCUT2D eigenvalue weighted by Gasteiger charge is 2.15. The summed E-state index contributed by atoms with van der Waals surface area (Å²) in [4.78, 5) is 17.3. The molecule has 5 aromatic rings. The molecule has 0 amide bonds. The number of nitrogens with one attached hydrogen (secondary N) is 3. The molecule has 0 atom stereocenters. The van der Waals surface area contributed by atoms with Crippen molar-refractivity contribution in [2.75, 3.05) is 17.7 Å². The SMILES string of the molecule is COc1nn(C)cc1Nc1ncc(C)c(-c2c[nH]c3c(NCc4ccc(C)nc4C)cccc23)n1. The van der Waals surface area contributed by atoms with Crippen molar-refractivity contribution in [2.24, 2.45) is 7.05 Å². The molecule has 0 unspecified atom stereocenters. The maximum absolute atomic E-state index is 5.34. The molecule has 4 aromatic heterocycles. The Balaban J connectivity index is 1.46. The third-order valence-electron chi connectivity index (χ3n) is 5.98. The third-order valence-corrected chi connectivity index (χ3v) is 5.98. The molecule has 0 radical (unpaired) electrons. The van der Waals surface area contributed by atoms with Gasteiger partial charge in [-0.3, -0.25) is 9.67 Å². The molecular formula is C26H28N8O. The number of benzene rings is 1. The van der Waals surface area contributed by atoms with Gasteiger partial charge in [-0.15, -0.1) is 5.10 Å². The molecule has 0 aliphatic heterocycles. The lowest BCUT2D eigenvalue weighted by Gasteiger charge is -2.11. The number of H-pyrrole nitrogens is 1. The maximum atomic E-state index is 5.34. The number of methoxy groups -OCH3 is 1. The van der Waals surface area contributed by atoms with E-state index in [1.807, 2.05) is 52.5 Å². The topological polar surface area (TPSA) is 106 Å². The molecule has 0 aliphatic carbocycles. The Hall–Kier alpha value is -4.40. The first kappa shape index (κ1) is 22.4. The zero-order chi connectivity index (χ0) is 24.5. The van der Waals surface area contributed by atoms with Gasteiger partial charge in [-0.25, -0.2) is 9.97 Å². The minimum atomic E-state index is 0.475. The Kier molecular flexibility index (Phi) is 5.82. The molecule has 0 bridgehead atoms. The monoisotopic (exact) mass is 468 g/mol. The lowest BCUT2D eigenvalue weighted by molar-refractivity contribution is 0.393. The van der Waals surface area contributed by atoms with E-state index in [1.54, 1.807) is 11.8 Å². The van der Waals surface area contributed by atoms with E-state index in [0.717, 1.165) is 44.8 Å². The van der Waals surface area contributed by atoms with E-state index in [0.29, 0.717) is 24.1 Å². The number of hydrogen-bond donors (Lipinski definition) is 3. The van der Waals surface area contributed by atoms with Gasteiger partial charge in [0, 0.05) is 48.3 Å². The second-order valence-corrected chi connectivity index (χ2v) is 8.56. The molecule has 4 heterocycles. The Labute approximate surface area is 203 Å². The first-order valence-electron chi connectivity index (χ1n) is 11.4. The fourth-order valence-electron chi connectivity index (χ4n) is 4.19. The van der Waals surface area contributed by atoms with Gasteiger partial charge in [0.25, 0.3) is 5.88 Å². The number of aromatic amines is 1. The van der Waals surface area contributed by atoms with Crippen LogP contribution in [-0.2, 0) is 13.6 Å². The molecule has 3 N–H and O–H groups in total. The largest absolute Gasteiger partial charge is 0.478 e. The van der Waals surface area contributed by atoms with Crippen LogP contribution in [0.4, 0.5) is 17.3 Å². The molecule has 9 heteroatoms. The number of ether oxygens (including phenoxy) is 1. The van der Waals surface area contributed by atoms with Crippen LogP contribution in [0.2, 0.25) is 0 Å². The normalized spacial score (nSPS) is 11.1. The minimum Gasteiger partial charge on any atom is -0.478 e. The van der Waals surface area contributed by atoms with E-state index in [1.165, 1.54) is 5.56 Å². The number of rotatable bonds is 7. The number of aryl methyl sites for hydroxylation is 4. The van der Waals surface area contributed by atoms with Gasteiger partial charge in [0.1, 0.15) is 5.69 Å². The molecule has 1 aromatic carbocycles. The highest BCUT2D eigenvalue weighted by atomic mass is 16.5. The first-order chi connectivity index (χ1) is 16.9. The standard InChI is InChI=1S/C26H28N8O/c1-15-11-29-26(31-22-14-34(4)33-25(22)35-5)32-23(15)20-13-28-24-19(20)7-6-8-21(24)27-12-18-10-9-16(2)30-17(18)3/h6-11,13-14,27-28H,12H2,1-5H3,(H,29,31,32). The van der Waals surface area contributed by atoms with Gasteiger partial charge in [0.05, 0.1) is 30.2 Å². The van der Waals surface area contributed by atoms with Crippen molar-refractivity contribution in [1.29, 1.82) is 0 Å². The quantitative estimate of drug-likeness (QED) is 0.307. The van der Waals surface area contributed by atoms with Crippen LogP contribution in [0.3, 0.4) is 0 Å². The molecule has 5 rings (SSSR count). The van der Waals surface area contributed by atoms with E-state index in [2.05, 4.69) is 54.9 Å². The van der Waals surface area contributed by atoms with E-state index in [-0.39, 0.29) is 0 Å². The molecule has 0 fully saturated rings. The predicted molar refractivity (Wildman–Crippen MR) is 138 cm³/mol. The number of anilines is 3. The van der Waals surface area contributed by atoms with Crippen LogP contribution in [0.15, 0.2) is 48.9 Å². The summed E-state index contributed by atoms with van der Waals surface area (Å²) in [6.45, 7) is 6.76. The average molecular weight is 469 g/mol. The van der Waals surface area contributed by atoms with Gasteiger partial charge in [0.2, 0.25) is 5.95 Å². The van der Waals surface area contributed by atoms with E-state index in [4.69, 9.17) is 9.72 Å². The van der Waals surface area contributed by atoms with Gasteiger partial charge in [-0.1, -0.05) is 18.2 Å². The second kappa shape index (κ2) is 9.09. The first-order valence-corrected chi connectivity index (χ1v) is 11.4. The lowest BCUT2D eigenvalue weighted by atomic mass is 10.1. The molecule has 0 spiro atoms. The third kappa shape index (κ3) is 4.40. The summed E-state index contributed by atoms with van der Waals surface area (Å²) in [5.74, 6) is 0.961. The summed E-state index contributed by atoms with van der Waals surface area (Å²) in [5.41, 5.74) is 8.85. The summed E-state index contributed by atoms with van der Waals surface area (Å²) in [7, 11) is 3.42. The van der Waals surface area contributed by atoms with Crippen molar-refractivity contribution in [3.63, 3.8) is 0 Å². The lowest BCUT2D eigenvalue weighted by Crippen LogP contribution is -2.03. The summed E-state index contributed by atoms with van der Waals surface area (Å²) in [6.07, 6.45) is 5.65. The molecule has 0 saturated carbocycles. The number of para-hydroxylation sites is 1. The van der Waals surface area contributed by atoms with Gasteiger partial charge in [-0.2, -0.15) is 0 Å². The molecule has 178 valence electrons. The smallest absolute Gasteiger partial charge is 0.256 e. The van der Waals surface area contributed by atoms with Crippen LogP contribution in [0.5, 0.6) is 5.88 Å². The molecular weight excluding hydrogens is 440 g/mol. The van der Waals surface area contributed by atoms with E-state index in [9.17, 15) is 0 Å². The summed E-state index contributed by atoms with van der Waals surface area (Å²) in [5, 5.41) is 12.1. The number of aromatic nitrogens is 6. The summed E-state index contributed by atoms with van der Waals surface area (Å²) in [6, 6.07) is 10.4. The van der Waals surface area contributed by atoms with Gasteiger partial charge in [0.15, 0.2) is 0 Å². The Bertz CT molecular complexity index is 1520. The van der Waals surface area contributed by atoms with Crippen LogP contribution in [0.1, 0.15) is 22.5 Å². The highest BCUT2D eigenvalue weighted by molar-refractivity contribution is 6.01. The summed E-state index contributed by atoms with van der Waals surface area (Å²) < 4.78 is 7.02. The Morgan fingerprint density at radius 1 is 1.06 bits per heavy atom. The minimum absolute atomic E-state index is 0.475. The molecule has 0 aliphatic rings. The van der Waals surface area contributed by atoms with Crippen molar-refractivity contribution < 1.29 is 4.74 Å². The Morgan fingerprint density at radius 2 is 1.91 bits per heavy atom. The number of hydrogen-bond acceptors (Lipinski definition) is 7. The average Bonchev–Trinajstić information content (AvgIpc) is 3.43. The Morgan fingerprint density at radius 3 is 2.71 bits per heavy atom. The predicted octanol–water partition coefficient (Wildman–Crippen LogP) is 5.04. The van der Waals surface area contributed by atoms with Gasteiger partial charge < -0.3 is 20.4 Å². The van der Waals surface area contributed by atoms with Crippen LogP contribution in [0, 0.1) is 20.8 Å². The van der Waals surface area contributed by atoms with Crippen LogP contribution >= 0.6 is 0 Å². The molecule has 9 nitrogen and oxygen atoms in total. The highest BCUT2D eigenvalue weighted by Crippen LogP contribution is 2.34. The van der Waals surface area contributed by atoms with Crippen molar-refractivity contribution in [3.8, 4) is 17.1 Å². The van der Waals surface area contributed by atoms with Crippen molar-refractivity contribution >= 4 is 28.2 Å². The molecule has 35 heavy (non-hydrogen) atoms. The fourth-order valence-corrected chi connectivity index (χ4v) is 4.19. The van der Waals surface area contributed by atoms with Gasteiger partial charge >= 0.3 is 0 Å². The van der Waals surface area contributed by atoms with Gasteiger partial charge in [-0.05, 0) is 44.0 Å². The molecule has 0 saturated heterocycles. The van der Waals surface area contributed by atoms with E-state index < -0.39 is 0 Å². The zero-order valence-electron chi connectivity index (χ0n) is 20.5.